The summed E-state index contributed by atoms with van der Waals surface area (Å²) in [5, 5.41) is 0. The van der Waals surface area contributed by atoms with E-state index in [-0.39, 0.29) is 5.79 Å². The predicted octanol–water partition coefficient (Wildman–Crippen LogP) is 14.0. The minimum absolute atomic E-state index is 0.294. The number of unbranched alkanes of at least 4 members (excludes halogenated alkanes) is 24. The van der Waals surface area contributed by atoms with Gasteiger partial charge in [0.1, 0.15) is 0 Å². The van der Waals surface area contributed by atoms with Crippen molar-refractivity contribution >= 4 is 0 Å². The molecule has 1 aliphatic heterocycles. The molecule has 2 unspecified atom stereocenters. The van der Waals surface area contributed by atoms with Gasteiger partial charge in [0.15, 0.2) is 5.79 Å². The van der Waals surface area contributed by atoms with Crippen molar-refractivity contribution in [3.05, 3.63) is 24.3 Å². The van der Waals surface area contributed by atoms with E-state index in [9.17, 15) is 0 Å². The van der Waals surface area contributed by atoms with Gasteiger partial charge in [0, 0.05) is 18.9 Å². The van der Waals surface area contributed by atoms with Gasteiger partial charge in [0.05, 0.1) is 12.2 Å². The Labute approximate surface area is 295 Å². The van der Waals surface area contributed by atoms with Crippen LogP contribution in [-0.2, 0) is 9.47 Å². The van der Waals surface area contributed by atoms with Gasteiger partial charge in [-0.05, 0) is 71.9 Å². The van der Waals surface area contributed by atoms with Crippen LogP contribution in [0.15, 0.2) is 24.3 Å². The van der Waals surface area contributed by atoms with Gasteiger partial charge in [-0.3, -0.25) is 0 Å². The summed E-state index contributed by atoms with van der Waals surface area (Å²) in [7, 11) is 4.42. The van der Waals surface area contributed by atoms with Crippen LogP contribution in [-0.4, -0.2) is 43.0 Å². The molecular weight excluding hydrogens is 574 g/mol. The highest BCUT2D eigenvalue weighted by Crippen LogP contribution is 2.44. The maximum atomic E-state index is 6.84. The maximum absolute atomic E-state index is 6.84. The lowest BCUT2D eigenvalue weighted by Crippen LogP contribution is -2.34. The van der Waals surface area contributed by atoms with Crippen molar-refractivity contribution in [1.82, 2.24) is 4.90 Å². The van der Waals surface area contributed by atoms with Crippen LogP contribution < -0.4 is 0 Å². The Bertz CT molecular complexity index is 731. The highest BCUT2D eigenvalue weighted by Gasteiger charge is 2.51. The van der Waals surface area contributed by atoms with E-state index in [0.29, 0.717) is 18.2 Å². The summed E-state index contributed by atoms with van der Waals surface area (Å²) in [4.78, 5) is 2.37. The molecule has 0 amide bonds. The van der Waals surface area contributed by atoms with Gasteiger partial charge < -0.3 is 14.4 Å². The smallest absolute Gasteiger partial charge is 0.169 e. The first-order valence-corrected chi connectivity index (χ1v) is 21.4. The molecule has 1 heterocycles. The highest BCUT2D eigenvalue weighted by atomic mass is 16.8. The summed E-state index contributed by atoms with van der Waals surface area (Å²) in [6.07, 6.45) is 52.9. The molecule has 3 nitrogen and oxygen atoms in total. The first-order valence-electron chi connectivity index (χ1n) is 21.4. The van der Waals surface area contributed by atoms with Gasteiger partial charge in [-0.1, -0.05) is 173 Å². The molecule has 2 aliphatic rings. The fourth-order valence-electron chi connectivity index (χ4n) is 7.87. The molecule has 0 spiro atoms. The Morgan fingerprint density at radius 2 is 0.809 bits per heavy atom. The van der Waals surface area contributed by atoms with Crippen molar-refractivity contribution in [3.8, 4) is 0 Å². The average Bonchev–Trinajstić information content (AvgIpc) is 3.61. The van der Waals surface area contributed by atoms with Crippen molar-refractivity contribution in [3.63, 3.8) is 0 Å². The molecule has 0 aromatic carbocycles. The lowest BCUT2D eigenvalue weighted by molar-refractivity contribution is -0.193. The number of hydrogen-bond acceptors (Lipinski definition) is 3. The summed E-state index contributed by atoms with van der Waals surface area (Å²) in [5.41, 5.74) is 0. The summed E-state index contributed by atoms with van der Waals surface area (Å²) in [6.45, 7) is 4.58. The molecule has 0 N–H and O–H groups in total. The molecule has 0 aromatic rings. The Morgan fingerprint density at radius 1 is 0.468 bits per heavy atom. The van der Waals surface area contributed by atoms with Crippen LogP contribution >= 0.6 is 0 Å². The monoisotopic (exact) mass is 658 g/mol. The predicted molar refractivity (Wildman–Crippen MR) is 207 cm³/mol. The van der Waals surface area contributed by atoms with E-state index in [1.807, 2.05) is 0 Å². The third-order valence-electron chi connectivity index (χ3n) is 11.1. The zero-order chi connectivity index (χ0) is 33.7. The molecule has 2 atom stereocenters. The molecule has 0 aromatic heterocycles. The third-order valence-corrected chi connectivity index (χ3v) is 11.1. The van der Waals surface area contributed by atoms with Crippen LogP contribution in [0.5, 0.6) is 0 Å². The SMILES string of the molecule is CCCCCC=CCC=CCCCCCCCCC1(CCCCCCCCCCCCCCCCCC)OC2CC(N(C)C)CC2O1. The lowest BCUT2D eigenvalue weighted by atomic mass is 9.98. The Hall–Kier alpha value is -0.640. The molecule has 3 heteroatoms. The first kappa shape index (κ1) is 42.5. The fourth-order valence-corrected chi connectivity index (χ4v) is 7.87. The van der Waals surface area contributed by atoms with Crippen LogP contribution in [0.3, 0.4) is 0 Å². The van der Waals surface area contributed by atoms with Crippen molar-refractivity contribution in [1.29, 1.82) is 0 Å². The Balaban J connectivity index is 1.52. The molecular formula is C44H83NO2. The molecule has 1 saturated heterocycles. The molecule has 2 fully saturated rings. The van der Waals surface area contributed by atoms with E-state index < -0.39 is 0 Å². The van der Waals surface area contributed by atoms with Crippen LogP contribution in [0, 0.1) is 0 Å². The van der Waals surface area contributed by atoms with E-state index in [1.165, 1.54) is 173 Å². The van der Waals surface area contributed by atoms with E-state index >= 15 is 0 Å². The summed E-state index contributed by atoms with van der Waals surface area (Å²) >= 11 is 0. The second kappa shape index (κ2) is 29.1. The van der Waals surface area contributed by atoms with E-state index in [0.717, 1.165) is 32.1 Å². The molecule has 276 valence electrons. The number of ether oxygens (including phenoxy) is 2. The molecule has 47 heavy (non-hydrogen) atoms. The third kappa shape index (κ3) is 21.2. The van der Waals surface area contributed by atoms with Gasteiger partial charge in [-0.25, -0.2) is 0 Å². The minimum Gasteiger partial charge on any atom is -0.344 e. The van der Waals surface area contributed by atoms with Gasteiger partial charge in [-0.15, -0.1) is 0 Å². The Morgan fingerprint density at radius 3 is 1.21 bits per heavy atom. The second-order valence-electron chi connectivity index (χ2n) is 15.7. The summed E-state index contributed by atoms with van der Waals surface area (Å²) in [5.74, 6) is -0.294. The zero-order valence-corrected chi connectivity index (χ0v) is 32.4. The Kier molecular flexibility index (Phi) is 26.4. The largest absolute Gasteiger partial charge is 0.344 e. The molecule has 1 saturated carbocycles. The number of nitrogens with zero attached hydrogens (tertiary/aromatic N) is 1. The molecule has 0 bridgehead atoms. The summed E-state index contributed by atoms with van der Waals surface area (Å²) < 4.78 is 13.7. The zero-order valence-electron chi connectivity index (χ0n) is 32.4. The van der Waals surface area contributed by atoms with Gasteiger partial charge in [0.2, 0.25) is 0 Å². The van der Waals surface area contributed by atoms with E-state index in [2.05, 4.69) is 57.1 Å². The van der Waals surface area contributed by atoms with Crippen molar-refractivity contribution in [2.45, 2.75) is 243 Å². The van der Waals surface area contributed by atoms with Crippen molar-refractivity contribution < 1.29 is 9.47 Å². The normalized spacial score (nSPS) is 22.9. The second-order valence-corrected chi connectivity index (χ2v) is 15.7. The van der Waals surface area contributed by atoms with Gasteiger partial charge in [0.25, 0.3) is 0 Å². The lowest BCUT2D eigenvalue weighted by Gasteiger charge is -2.31. The number of allylic oxidation sites excluding steroid dienone is 4. The average molecular weight is 658 g/mol. The molecule has 2 rings (SSSR count). The number of fused-ring (bicyclic) bond motifs is 1. The quantitative estimate of drug-likeness (QED) is 0.0518. The number of rotatable bonds is 33. The van der Waals surface area contributed by atoms with Crippen LogP contribution in [0.1, 0.15) is 219 Å². The van der Waals surface area contributed by atoms with Gasteiger partial charge in [-0.2, -0.15) is 0 Å². The van der Waals surface area contributed by atoms with Crippen LogP contribution in [0.25, 0.3) is 0 Å². The van der Waals surface area contributed by atoms with E-state index in [1.54, 1.807) is 0 Å². The highest BCUT2D eigenvalue weighted by molar-refractivity contribution is 4.96. The minimum atomic E-state index is -0.294. The van der Waals surface area contributed by atoms with Crippen LogP contribution in [0.2, 0.25) is 0 Å². The van der Waals surface area contributed by atoms with Crippen LogP contribution in [0.4, 0.5) is 0 Å². The maximum Gasteiger partial charge on any atom is 0.169 e. The first-order chi connectivity index (χ1) is 23.1. The topological polar surface area (TPSA) is 21.7 Å². The van der Waals surface area contributed by atoms with Crippen molar-refractivity contribution in [2.24, 2.45) is 0 Å². The summed E-state index contributed by atoms with van der Waals surface area (Å²) in [6, 6.07) is 0.611. The number of hydrogen-bond donors (Lipinski definition) is 0. The van der Waals surface area contributed by atoms with E-state index in [4.69, 9.17) is 9.47 Å². The fraction of sp³-hybridized carbons (Fsp3) is 0.909. The standard InChI is InChI=1S/C44H83NO2/c1-5-7-9-11-13-15-17-19-21-23-25-27-29-31-33-35-37-44(46-42-39-41(45(3)4)40-43(42)47-44)38-36-34-32-30-28-26-24-22-20-18-16-14-12-10-8-6-2/h13,15,19,21,41-43H,5-12,14,16-18,20,22-40H2,1-4H3. The van der Waals surface area contributed by atoms with Crippen molar-refractivity contribution in [2.75, 3.05) is 14.1 Å². The molecule has 1 aliphatic carbocycles. The molecule has 0 radical (unpaired) electrons. The van der Waals surface area contributed by atoms with Gasteiger partial charge >= 0.3 is 0 Å².